The highest BCUT2D eigenvalue weighted by Gasteiger charge is 2.24. The summed E-state index contributed by atoms with van der Waals surface area (Å²) in [6.45, 7) is 5.87. The second-order valence-corrected chi connectivity index (χ2v) is 9.04. The molecule has 1 saturated heterocycles. The molecular formula is C22H26BrN7O. The van der Waals surface area contributed by atoms with Crippen molar-refractivity contribution in [2.24, 2.45) is 0 Å². The lowest BCUT2D eigenvalue weighted by molar-refractivity contribution is 0.514. The molecule has 0 bridgehead atoms. The smallest absolute Gasteiger partial charge is 0.267 e. The summed E-state index contributed by atoms with van der Waals surface area (Å²) in [5.74, 6) is 1.13. The molecule has 0 aromatic carbocycles. The Labute approximate surface area is 189 Å². The molecule has 0 unspecified atom stereocenters. The molecular weight excluding hydrogens is 458 g/mol. The number of fused-ring (bicyclic) bond motifs is 1. The maximum Gasteiger partial charge on any atom is 0.267 e. The number of rotatable bonds is 4. The topological polar surface area (TPSA) is 88.0 Å². The normalized spacial score (nSPS) is 17.4. The number of pyridine rings is 2. The minimum atomic E-state index is -0.0138. The van der Waals surface area contributed by atoms with Gasteiger partial charge in [0, 0.05) is 43.8 Å². The Morgan fingerprint density at radius 2 is 1.90 bits per heavy atom. The van der Waals surface area contributed by atoms with Gasteiger partial charge in [-0.25, -0.2) is 9.97 Å². The number of piperazine rings is 1. The van der Waals surface area contributed by atoms with Gasteiger partial charge < -0.3 is 15.5 Å². The van der Waals surface area contributed by atoms with Crippen LogP contribution in [0.5, 0.6) is 0 Å². The van der Waals surface area contributed by atoms with Gasteiger partial charge in [-0.3, -0.25) is 9.36 Å². The van der Waals surface area contributed by atoms with Crippen molar-refractivity contribution >= 4 is 44.4 Å². The number of aryl methyl sites for hydroxylation is 1. The first kappa shape index (κ1) is 20.4. The molecule has 1 aliphatic heterocycles. The molecule has 2 aliphatic rings. The van der Waals surface area contributed by atoms with Gasteiger partial charge in [0.25, 0.3) is 5.56 Å². The molecule has 8 nitrogen and oxygen atoms in total. The van der Waals surface area contributed by atoms with Crippen LogP contribution in [0, 0.1) is 6.92 Å². The van der Waals surface area contributed by atoms with Gasteiger partial charge in [0.05, 0.1) is 16.4 Å². The van der Waals surface area contributed by atoms with E-state index in [-0.39, 0.29) is 11.6 Å². The molecule has 4 heterocycles. The van der Waals surface area contributed by atoms with E-state index in [2.05, 4.69) is 47.5 Å². The van der Waals surface area contributed by atoms with Crippen LogP contribution >= 0.6 is 15.9 Å². The molecule has 5 rings (SSSR count). The van der Waals surface area contributed by atoms with E-state index >= 15 is 0 Å². The molecule has 9 heteroatoms. The summed E-state index contributed by atoms with van der Waals surface area (Å²) in [6, 6.07) is 4.20. The fraction of sp³-hybridized carbons (Fsp3) is 0.455. The van der Waals surface area contributed by atoms with Crippen molar-refractivity contribution in [1.29, 1.82) is 0 Å². The second-order valence-electron chi connectivity index (χ2n) is 8.25. The van der Waals surface area contributed by atoms with Crippen LogP contribution in [-0.2, 0) is 0 Å². The highest BCUT2D eigenvalue weighted by molar-refractivity contribution is 9.10. The maximum atomic E-state index is 13.1. The van der Waals surface area contributed by atoms with Crippen LogP contribution in [0.25, 0.3) is 11.0 Å². The largest absolute Gasteiger partial charge is 0.368 e. The van der Waals surface area contributed by atoms with Crippen molar-refractivity contribution in [3.63, 3.8) is 0 Å². The summed E-state index contributed by atoms with van der Waals surface area (Å²) in [6.07, 6.45) is 7.97. The summed E-state index contributed by atoms with van der Waals surface area (Å²) in [4.78, 5) is 29.2. The van der Waals surface area contributed by atoms with Gasteiger partial charge in [-0.2, -0.15) is 4.98 Å². The average Bonchev–Trinajstić information content (AvgIpc) is 3.33. The number of aromatic nitrogens is 4. The summed E-state index contributed by atoms with van der Waals surface area (Å²) in [5, 5.41) is 7.46. The van der Waals surface area contributed by atoms with Gasteiger partial charge in [0.1, 0.15) is 11.5 Å². The first-order chi connectivity index (χ1) is 15.1. The van der Waals surface area contributed by atoms with Gasteiger partial charge >= 0.3 is 0 Å². The fourth-order valence-corrected chi connectivity index (χ4v) is 4.95. The third-order valence-corrected chi connectivity index (χ3v) is 7.23. The standard InChI is InChI=1S/C22H26BrN7O/c1-14-17-13-26-22(27-18-7-6-16(12-25-18)29-10-8-24-9-11-29)28-20(17)30(21(31)19(14)23)15-4-2-3-5-15/h6-7,12-13,15,24H,2-5,8-11H2,1H3,(H,25,26,27,28). The van der Waals surface area contributed by atoms with E-state index in [1.54, 1.807) is 6.20 Å². The lowest BCUT2D eigenvalue weighted by Crippen LogP contribution is -2.43. The molecule has 1 aliphatic carbocycles. The summed E-state index contributed by atoms with van der Waals surface area (Å²) in [7, 11) is 0. The Balaban J connectivity index is 1.47. The zero-order valence-electron chi connectivity index (χ0n) is 17.6. The Morgan fingerprint density at radius 3 is 2.61 bits per heavy atom. The van der Waals surface area contributed by atoms with E-state index in [1.165, 1.54) is 0 Å². The maximum absolute atomic E-state index is 13.1. The molecule has 31 heavy (non-hydrogen) atoms. The Morgan fingerprint density at radius 1 is 1.13 bits per heavy atom. The molecule has 0 radical (unpaired) electrons. The SMILES string of the molecule is Cc1c(Br)c(=O)n(C2CCCC2)c2nc(Nc3ccc(N4CCNCC4)cn3)ncc12. The van der Waals surface area contributed by atoms with Crippen molar-refractivity contribution in [1.82, 2.24) is 24.8 Å². The zero-order chi connectivity index (χ0) is 21.4. The molecule has 2 N–H and O–H groups in total. The first-order valence-electron chi connectivity index (χ1n) is 10.9. The molecule has 3 aromatic heterocycles. The molecule has 0 atom stereocenters. The third kappa shape index (κ3) is 3.92. The van der Waals surface area contributed by atoms with Crippen LogP contribution in [-0.4, -0.2) is 45.7 Å². The van der Waals surface area contributed by atoms with E-state index in [1.807, 2.05) is 23.8 Å². The minimum Gasteiger partial charge on any atom is -0.368 e. The van der Waals surface area contributed by atoms with E-state index in [0.29, 0.717) is 21.9 Å². The lowest BCUT2D eigenvalue weighted by atomic mass is 10.1. The highest BCUT2D eigenvalue weighted by Crippen LogP contribution is 2.32. The second kappa shape index (κ2) is 8.55. The Kier molecular flexibility index (Phi) is 5.62. The van der Waals surface area contributed by atoms with Crippen LogP contribution in [0.15, 0.2) is 33.8 Å². The van der Waals surface area contributed by atoms with E-state index in [4.69, 9.17) is 4.98 Å². The van der Waals surface area contributed by atoms with Crippen LogP contribution in [0.1, 0.15) is 37.3 Å². The number of anilines is 3. The summed E-state index contributed by atoms with van der Waals surface area (Å²) >= 11 is 3.49. The van der Waals surface area contributed by atoms with Crippen LogP contribution in [0.4, 0.5) is 17.5 Å². The quantitative estimate of drug-likeness (QED) is 0.586. The highest BCUT2D eigenvalue weighted by atomic mass is 79.9. The molecule has 0 spiro atoms. The molecule has 162 valence electrons. The average molecular weight is 484 g/mol. The molecule has 1 saturated carbocycles. The summed E-state index contributed by atoms with van der Waals surface area (Å²) in [5.41, 5.74) is 2.66. The fourth-order valence-electron chi connectivity index (χ4n) is 4.55. The van der Waals surface area contributed by atoms with Crippen LogP contribution < -0.4 is 21.1 Å². The van der Waals surface area contributed by atoms with Gasteiger partial charge in [0.15, 0.2) is 0 Å². The van der Waals surface area contributed by atoms with E-state index in [0.717, 1.165) is 68.5 Å². The van der Waals surface area contributed by atoms with Crippen molar-refractivity contribution in [2.75, 3.05) is 36.4 Å². The third-order valence-electron chi connectivity index (χ3n) is 6.30. The number of hydrogen-bond donors (Lipinski definition) is 2. The van der Waals surface area contributed by atoms with Crippen molar-refractivity contribution < 1.29 is 0 Å². The Hall–Kier alpha value is -2.52. The molecule has 2 fully saturated rings. The number of nitrogens with one attached hydrogen (secondary N) is 2. The number of hydrogen-bond acceptors (Lipinski definition) is 7. The lowest BCUT2D eigenvalue weighted by Gasteiger charge is -2.29. The monoisotopic (exact) mass is 483 g/mol. The van der Waals surface area contributed by atoms with Crippen molar-refractivity contribution in [2.45, 2.75) is 38.6 Å². The van der Waals surface area contributed by atoms with Gasteiger partial charge in [-0.15, -0.1) is 0 Å². The van der Waals surface area contributed by atoms with Gasteiger partial charge in [-0.05, 0) is 53.4 Å². The van der Waals surface area contributed by atoms with Crippen molar-refractivity contribution in [3.8, 4) is 0 Å². The predicted octanol–water partition coefficient (Wildman–Crippen LogP) is 3.53. The van der Waals surface area contributed by atoms with Gasteiger partial charge in [-0.1, -0.05) is 12.8 Å². The molecule has 0 amide bonds. The summed E-state index contributed by atoms with van der Waals surface area (Å²) < 4.78 is 2.45. The minimum absolute atomic E-state index is 0.0138. The predicted molar refractivity (Wildman–Crippen MR) is 126 cm³/mol. The number of nitrogens with zero attached hydrogens (tertiary/aromatic N) is 5. The zero-order valence-corrected chi connectivity index (χ0v) is 19.2. The Bertz CT molecular complexity index is 1150. The van der Waals surface area contributed by atoms with Crippen LogP contribution in [0.2, 0.25) is 0 Å². The van der Waals surface area contributed by atoms with E-state index < -0.39 is 0 Å². The van der Waals surface area contributed by atoms with E-state index in [9.17, 15) is 4.79 Å². The number of halogens is 1. The first-order valence-corrected chi connectivity index (χ1v) is 11.7. The van der Waals surface area contributed by atoms with Crippen LogP contribution in [0.3, 0.4) is 0 Å². The van der Waals surface area contributed by atoms with Gasteiger partial charge in [0.2, 0.25) is 5.95 Å². The molecule has 3 aromatic rings. The van der Waals surface area contributed by atoms with Crippen molar-refractivity contribution in [3.05, 3.63) is 44.9 Å².